The molecule has 0 heterocycles. The van der Waals surface area contributed by atoms with Crippen molar-refractivity contribution in [3.8, 4) is 11.1 Å². The Morgan fingerprint density at radius 2 is 1.48 bits per heavy atom. The molecule has 0 saturated heterocycles. The summed E-state index contributed by atoms with van der Waals surface area (Å²) in [6, 6.07) is 15.5. The van der Waals surface area contributed by atoms with Crippen molar-refractivity contribution in [2.45, 2.75) is 46.8 Å². The Bertz CT molecular complexity index is 1260. The number of hydrogen-bond donors (Lipinski definition) is 1. The van der Waals surface area contributed by atoms with E-state index >= 15 is 0 Å². The zero-order valence-corrected chi connectivity index (χ0v) is 31.4. The van der Waals surface area contributed by atoms with Gasteiger partial charge < -0.3 is 33.9 Å². The maximum Gasteiger partial charge on any atom is 0.407 e. The second-order valence-electron chi connectivity index (χ2n) is 11.7. The summed E-state index contributed by atoms with van der Waals surface area (Å²) in [5.41, 5.74) is 4.21. The van der Waals surface area contributed by atoms with E-state index in [4.69, 9.17) is 23.7 Å². The van der Waals surface area contributed by atoms with Gasteiger partial charge >= 0.3 is 12.1 Å². The van der Waals surface area contributed by atoms with E-state index in [1.807, 2.05) is 57.2 Å². The number of benzene rings is 2. The molecule has 0 bridgehead atoms. The van der Waals surface area contributed by atoms with E-state index in [-0.39, 0.29) is 63.3 Å². The standard InChI is InChI=1S/C32H42BBr3N2O8/c1-31(2,3)46-15-14-42-12-13-43-19-22(17-38(28(39)16-33)18-29(40)45-21-32(34,35)36)37-30(41)44-20-27-25-10-6-4-8-23(25)24-9-5-7-11-26(24)27/h4-11,22,27H,12-21,33H2,1-3H3,(H,37,41)/t22-/m1/s1. The average molecular weight is 833 g/mol. The predicted octanol–water partition coefficient (Wildman–Crippen LogP) is 5.00. The second-order valence-corrected chi connectivity index (χ2v) is 19.0. The number of nitrogens with zero attached hydrogens (tertiary/aromatic N) is 1. The van der Waals surface area contributed by atoms with Crippen LogP contribution in [0.3, 0.4) is 0 Å². The summed E-state index contributed by atoms with van der Waals surface area (Å²) in [5.74, 6) is -0.983. The van der Waals surface area contributed by atoms with E-state index in [1.54, 1.807) is 7.85 Å². The molecule has 0 unspecified atom stereocenters. The molecule has 46 heavy (non-hydrogen) atoms. The molecule has 0 aromatic heterocycles. The molecule has 2 amide bonds. The summed E-state index contributed by atoms with van der Waals surface area (Å²) in [6.07, 6.45) is -0.490. The SMILES string of the molecule is BCC(=O)N(CC(=O)OCC(Br)(Br)Br)C[C@H](COCCOCCOC(C)(C)C)NC(=O)OCC1c2ccccc2-c2ccccc21. The third kappa shape index (κ3) is 13.3. The van der Waals surface area contributed by atoms with Gasteiger partial charge in [0.15, 0.2) is 2.14 Å². The first-order valence-corrected chi connectivity index (χ1v) is 17.6. The highest BCUT2D eigenvalue weighted by atomic mass is 80.0. The molecule has 1 aliphatic rings. The number of esters is 1. The van der Waals surface area contributed by atoms with E-state index in [1.165, 1.54) is 4.90 Å². The van der Waals surface area contributed by atoms with Crippen LogP contribution in [-0.4, -0.2) is 104 Å². The van der Waals surface area contributed by atoms with Crippen LogP contribution in [0.5, 0.6) is 0 Å². The third-order valence-electron chi connectivity index (χ3n) is 6.93. The fraction of sp³-hybridized carbons (Fsp3) is 0.531. The minimum atomic E-state index is -0.773. The van der Waals surface area contributed by atoms with Crippen molar-refractivity contribution in [1.82, 2.24) is 10.2 Å². The predicted molar refractivity (Wildman–Crippen MR) is 190 cm³/mol. The minimum Gasteiger partial charge on any atom is -0.461 e. The van der Waals surface area contributed by atoms with Gasteiger partial charge in [0.1, 0.15) is 27.6 Å². The number of ether oxygens (including phenoxy) is 5. The number of rotatable bonds is 17. The van der Waals surface area contributed by atoms with Crippen LogP contribution < -0.4 is 5.32 Å². The number of nitrogens with one attached hydrogen (secondary N) is 1. The zero-order valence-electron chi connectivity index (χ0n) is 26.7. The number of fused-ring (bicyclic) bond motifs is 3. The molecule has 1 aliphatic carbocycles. The van der Waals surface area contributed by atoms with Crippen LogP contribution in [-0.2, 0) is 33.3 Å². The molecule has 0 spiro atoms. The summed E-state index contributed by atoms with van der Waals surface area (Å²) in [4.78, 5) is 39.9. The average Bonchev–Trinajstić information content (AvgIpc) is 3.32. The van der Waals surface area contributed by atoms with Crippen molar-refractivity contribution in [2.75, 3.05) is 59.3 Å². The Labute approximate surface area is 297 Å². The smallest absolute Gasteiger partial charge is 0.407 e. The second kappa shape index (κ2) is 18.5. The molecule has 0 radical (unpaired) electrons. The van der Waals surface area contributed by atoms with Crippen molar-refractivity contribution < 1.29 is 38.1 Å². The van der Waals surface area contributed by atoms with Gasteiger partial charge in [-0.1, -0.05) is 96.3 Å². The third-order valence-corrected chi connectivity index (χ3v) is 7.62. The molecule has 252 valence electrons. The molecular weight excluding hydrogens is 791 g/mol. The number of carbonyl (C=O) groups excluding carboxylic acids is 3. The highest BCUT2D eigenvalue weighted by Gasteiger charge is 2.30. The molecule has 0 fully saturated rings. The Hall–Kier alpha value is -1.97. The van der Waals surface area contributed by atoms with Crippen LogP contribution in [0.4, 0.5) is 4.79 Å². The summed E-state index contributed by atoms with van der Waals surface area (Å²) < 4.78 is 27.3. The molecule has 2 aromatic carbocycles. The summed E-state index contributed by atoms with van der Waals surface area (Å²) in [7, 11) is 1.70. The van der Waals surface area contributed by atoms with Crippen LogP contribution >= 0.6 is 47.8 Å². The zero-order chi connectivity index (χ0) is 33.7. The first-order valence-electron chi connectivity index (χ1n) is 15.2. The maximum absolute atomic E-state index is 13.1. The van der Waals surface area contributed by atoms with Gasteiger partial charge in [-0.15, -0.1) is 0 Å². The highest BCUT2D eigenvalue weighted by molar-refractivity contribution is 9.39. The Kier molecular flexibility index (Phi) is 15.5. The van der Waals surface area contributed by atoms with Crippen LogP contribution in [0.25, 0.3) is 11.1 Å². The largest absolute Gasteiger partial charge is 0.461 e. The monoisotopic (exact) mass is 830 g/mol. The van der Waals surface area contributed by atoms with Gasteiger partial charge in [-0.2, -0.15) is 0 Å². The molecule has 1 atom stereocenters. The Balaban J connectivity index is 1.61. The van der Waals surface area contributed by atoms with Crippen molar-refractivity contribution >= 4 is 73.6 Å². The van der Waals surface area contributed by atoms with Gasteiger partial charge in [0.05, 0.1) is 44.7 Å². The van der Waals surface area contributed by atoms with Crippen molar-refractivity contribution in [1.29, 1.82) is 0 Å². The van der Waals surface area contributed by atoms with E-state index < -0.39 is 20.2 Å². The first-order chi connectivity index (χ1) is 21.8. The van der Waals surface area contributed by atoms with Gasteiger partial charge in [-0.3, -0.25) is 9.59 Å². The lowest BCUT2D eigenvalue weighted by Crippen LogP contribution is -2.50. The number of alkyl halides is 3. The summed E-state index contributed by atoms with van der Waals surface area (Å²) in [5, 5.41) is 2.84. The number of carbonyl (C=O) groups is 3. The molecule has 0 saturated carbocycles. The number of alkyl carbamates (subject to hydrolysis) is 1. The first kappa shape index (κ1) is 38.5. The topological polar surface area (TPSA) is 113 Å². The maximum atomic E-state index is 13.1. The molecule has 14 heteroatoms. The fourth-order valence-corrected chi connectivity index (χ4v) is 5.25. The van der Waals surface area contributed by atoms with Crippen LogP contribution in [0, 0.1) is 0 Å². The van der Waals surface area contributed by atoms with Gasteiger partial charge in [0.2, 0.25) is 5.91 Å². The van der Waals surface area contributed by atoms with Gasteiger partial charge in [0, 0.05) is 12.5 Å². The number of amides is 2. The Morgan fingerprint density at radius 3 is 2.07 bits per heavy atom. The number of hydrogen-bond acceptors (Lipinski definition) is 8. The lowest BCUT2D eigenvalue weighted by molar-refractivity contribution is -0.148. The lowest BCUT2D eigenvalue weighted by Gasteiger charge is -2.28. The molecule has 1 N–H and O–H groups in total. The molecule has 0 aliphatic heterocycles. The Morgan fingerprint density at radius 1 is 0.891 bits per heavy atom. The lowest BCUT2D eigenvalue weighted by atomic mass is 9.98. The van der Waals surface area contributed by atoms with Crippen LogP contribution in [0.2, 0.25) is 6.32 Å². The summed E-state index contributed by atoms with van der Waals surface area (Å²) >= 11 is 9.85. The van der Waals surface area contributed by atoms with E-state index in [0.29, 0.717) is 19.8 Å². The van der Waals surface area contributed by atoms with Crippen LogP contribution in [0.15, 0.2) is 48.5 Å². The quantitative estimate of drug-likeness (QED) is 0.103. The van der Waals surface area contributed by atoms with Gasteiger partial charge in [0.25, 0.3) is 0 Å². The number of halogens is 3. The summed E-state index contributed by atoms with van der Waals surface area (Å²) in [6.45, 7) is 7.27. The van der Waals surface area contributed by atoms with E-state index in [9.17, 15) is 14.4 Å². The van der Waals surface area contributed by atoms with Crippen molar-refractivity contribution in [3.05, 3.63) is 59.7 Å². The van der Waals surface area contributed by atoms with Gasteiger partial charge in [-0.25, -0.2) is 4.79 Å². The van der Waals surface area contributed by atoms with Gasteiger partial charge in [-0.05, 0) is 49.3 Å². The molecule has 10 nitrogen and oxygen atoms in total. The fourth-order valence-electron chi connectivity index (χ4n) is 4.91. The van der Waals surface area contributed by atoms with E-state index in [0.717, 1.165) is 22.3 Å². The highest BCUT2D eigenvalue weighted by Crippen LogP contribution is 2.44. The molecule has 2 aromatic rings. The molecule has 3 rings (SSSR count). The molecular formula is C32H42BBr3N2O8. The van der Waals surface area contributed by atoms with Crippen molar-refractivity contribution in [3.63, 3.8) is 0 Å². The van der Waals surface area contributed by atoms with E-state index in [2.05, 4.69) is 65.2 Å². The minimum absolute atomic E-state index is 0.00826. The normalized spacial score (nSPS) is 13.4. The van der Waals surface area contributed by atoms with Crippen LogP contribution in [0.1, 0.15) is 37.8 Å². The van der Waals surface area contributed by atoms with Crippen molar-refractivity contribution in [2.24, 2.45) is 0 Å².